The second-order valence-electron chi connectivity index (χ2n) is 5.17. The van der Waals surface area contributed by atoms with E-state index in [4.69, 9.17) is 4.74 Å². The van der Waals surface area contributed by atoms with Crippen LogP contribution >= 0.6 is 0 Å². The summed E-state index contributed by atoms with van der Waals surface area (Å²) >= 11 is 0. The molecule has 0 heterocycles. The highest BCUT2D eigenvalue weighted by Crippen LogP contribution is 1.93. The van der Waals surface area contributed by atoms with E-state index in [1.54, 1.807) is 11.8 Å². The topological polar surface area (TPSA) is 87.7 Å². The Labute approximate surface area is 126 Å². The number of nitrogens with one attached hydrogen (secondary N) is 2. The Kier molecular flexibility index (Phi) is 10.2. The molecule has 0 aliphatic heterocycles. The van der Waals surface area contributed by atoms with Crippen molar-refractivity contribution in [1.29, 1.82) is 0 Å². The van der Waals surface area contributed by atoms with Gasteiger partial charge in [-0.15, -0.1) is 0 Å². The standard InChI is InChI=1S/C14H27N3O4/c1-5-7-17(10-13(19)21-6-2)9-12(18)16-14(20)15-8-11(3)4/h11H,5-10H2,1-4H3,(H2,15,16,18,20). The molecule has 0 aromatic carbocycles. The smallest absolute Gasteiger partial charge is 0.321 e. The number of nitrogens with zero attached hydrogens (tertiary/aromatic N) is 1. The lowest BCUT2D eigenvalue weighted by atomic mass is 10.2. The number of urea groups is 1. The molecular formula is C14H27N3O4. The first kappa shape index (κ1) is 19.4. The van der Waals surface area contributed by atoms with E-state index in [2.05, 4.69) is 10.6 Å². The first-order chi connectivity index (χ1) is 9.88. The summed E-state index contributed by atoms with van der Waals surface area (Å²) in [5.74, 6) is -0.497. The summed E-state index contributed by atoms with van der Waals surface area (Å²) in [6.45, 7) is 9.03. The molecule has 122 valence electrons. The van der Waals surface area contributed by atoms with Gasteiger partial charge < -0.3 is 10.1 Å². The first-order valence-corrected chi connectivity index (χ1v) is 7.34. The van der Waals surface area contributed by atoms with Gasteiger partial charge in [0.25, 0.3) is 0 Å². The Morgan fingerprint density at radius 2 is 1.81 bits per heavy atom. The molecular weight excluding hydrogens is 274 g/mol. The highest BCUT2D eigenvalue weighted by molar-refractivity contribution is 5.95. The van der Waals surface area contributed by atoms with Crippen molar-refractivity contribution < 1.29 is 19.1 Å². The molecule has 0 aromatic rings. The highest BCUT2D eigenvalue weighted by Gasteiger charge is 2.16. The molecule has 7 heteroatoms. The van der Waals surface area contributed by atoms with Gasteiger partial charge in [-0.3, -0.25) is 19.8 Å². The van der Waals surface area contributed by atoms with Crippen LogP contribution in [0.5, 0.6) is 0 Å². The number of esters is 1. The van der Waals surface area contributed by atoms with Gasteiger partial charge in [-0.1, -0.05) is 20.8 Å². The van der Waals surface area contributed by atoms with Crippen molar-refractivity contribution in [2.75, 3.05) is 32.8 Å². The normalized spacial score (nSPS) is 10.6. The maximum atomic E-state index is 11.8. The SMILES string of the molecule is CCCN(CC(=O)NC(=O)NCC(C)C)CC(=O)OCC. The number of hydrogen-bond acceptors (Lipinski definition) is 5. The zero-order valence-corrected chi connectivity index (χ0v) is 13.4. The Bertz CT molecular complexity index is 345. The molecule has 0 rings (SSSR count). The van der Waals surface area contributed by atoms with E-state index in [9.17, 15) is 14.4 Å². The van der Waals surface area contributed by atoms with E-state index >= 15 is 0 Å². The fourth-order valence-corrected chi connectivity index (χ4v) is 1.63. The molecule has 2 N–H and O–H groups in total. The fraction of sp³-hybridized carbons (Fsp3) is 0.786. The zero-order chi connectivity index (χ0) is 16.3. The minimum Gasteiger partial charge on any atom is -0.465 e. The van der Waals surface area contributed by atoms with Gasteiger partial charge in [0.1, 0.15) is 0 Å². The zero-order valence-electron chi connectivity index (χ0n) is 13.4. The number of carbonyl (C=O) groups excluding carboxylic acids is 3. The maximum absolute atomic E-state index is 11.8. The van der Waals surface area contributed by atoms with E-state index in [0.29, 0.717) is 25.6 Å². The third-order valence-corrected chi connectivity index (χ3v) is 2.49. The molecule has 3 amide bonds. The minimum atomic E-state index is -0.513. The van der Waals surface area contributed by atoms with Gasteiger partial charge in [0.05, 0.1) is 19.7 Å². The number of ether oxygens (including phenoxy) is 1. The maximum Gasteiger partial charge on any atom is 0.321 e. The second-order valence-corrected chi connectivity index (χ2v) is 5.17. The van der Waals surface area contributed by atoms with Crippen molar-refractivity contribution in [1.82, 2.24) is 15.5 Å². The lowest BCUT2D eigenvalue weighted by molar-refractivity contribution is -0.144. The first-order valence-electron chi connectivity index (χ1n) is 7.34. The third-order valence-electron chi connectivity index (χ3n) is 2.49. The van der Waals surface area contributed by atoms with E-state index in [1.165, 1.54) is 0 Å². The Balaban J connectivity index is 4.21. The third kappa shape index (κ3) is 10.8. The van der Waals surface area contributed by atoms with Crippen LogP contribution < -0.4 is 10.6 Å². The molecule has 7 nitrogen and oxygen atoms in total. The summed E-state index contributed by atoms with van der Waals surface area (Å²) in [7, 11) is 0. The Morgan fingerprint density at radius 1 is 1.14 bits per heavy atom. The minimum absolute atomic E-state index is 0.0121. The van der Waals surface area contributed by atoms with Gasteiger partial charge in [-0.2, -0.15) is 0 Å². The van der Waals surface area contributed by atoms with Crippen LogP contribution in [0.4, 0.5) is 4.79 Å². The van der Waals surface area contributed by atoms with Crippen LogP contribution in [0.3, 0.4) is 0 Å². The summed E-state index contributed by atoms with van der Waals surface area (Å²) in [6.07, 6.45) is 0.798. The largest absolute Gasteiger partial charge is 0.465 e. The van der Waals surface area contributed by atoms with Crippen LogP contribution in [0.15, 0.2) is 0 Å². The molecule has 0 spiro atoms. The molecule has 0 aliphatic carbocycles. The summed E-state index contributed by atoms with van der Waals surface area (Å²) in [4.78, 5) is 36.3. The van der Waals surface area contributed by atoms with Gasteiger partial charge in [0.2, 0.25) is 5.91 Å². The number of amides is 3. The van der Waals surface area contributed by atoms with E-state index in [1.807, 2.05) is 20.8 Å². The number of rotatable bonds is 9. The monoisotopic (exact) mass is 301 g/mol. The van der Waals surface area contributed by atoms with E-state index < -0.39 is 11.9 Å². The molecule has 0 unspecified atom stereocenters. The highest BCUT2D eigenvalue weighted by atomic mass is 16.5. The van der Waals surface area contributed by atoms with Gasteiger partial charge in [-0.25, -0.2) is 4.79 Å². The van der Waals surface area contributed by atoms with E-state index in [-0.39, 0.29) is 19.1 Å². The number of imide groups is 1. The van der Waals surface area contributed by atoms with Crippen LogP contribution in [-0.4, -0.2) is 55.6 Å². The van der Waals surface area contributed by atoms with Crippen LogP contribution in [0, 0.1) is 5.92 Å². The second kappa shape index (κ2) is 11.1. The van der Waals surface area contributed by atoms with Crippen molar-refractivity contribution in [3.8, 4) is 0 Å². The molecule has 0 saturated carbocycles. The summed E-state index contributed by atoms with van der Waals surface area (Å²) in [5.41, 5.74) is 0. The van der Waals surface area contributed by atoms with Crippen LogP contribution in [-0.2, 0) is 14.3 Å². The number of hydrogen-bond donors (Lipinski definition) is 2. The van der Waals surface area contributed by atoms with Gasteiger partial charge in [0.15, 0.2) is 0 Å². The quantitative estimate of drug-likeness (QED) is 0.613. The molecule has 0 saturated heterocycles. The average Bonchev–Trinajstić information content (AvgIpc) is 2.36. The predicted octanol–water partition coefficient (Wildman–Crippen LogP) is 0.743. The summed E-state index contributed by atoms with van der Waals surface area (Å²) in [6, 6.07) is -0.513. The van der Waals surface area contributed by atoms with Crippen LogP contribution in [0.2, 0.25) is 0 Å². The predicted molar refractivity (Wildman–Crippen MR) is 79.7 cm³/mol. The lowest BCUT2D eigenvalue weighted by Crippen LogP contribution is -2.46. The van der Waals surface area contributed by atoms with Crippen molar-refractivity contribution in [2.45, 2.75) is 34.1 Å². The van der Waals surface area contributed by atoms with Crippen molar-refractivity contribution in [3.63, 3.8) is 0 Å². The molecule has 0 radical (unpaired) electrons. The molecule has 21 heavy (non-hydrogen) atoms. The average molecular weight is 301 g/mol. The lowest BCUT2D eigenvalue weighted by Gasteiger charge is -2.19. The van der Waals surface area contributed by atoms with Crippen molar-refractivity contribution in [3.05, 3.63) is 0 Å². The fourth-order valence-electron chi connectivity index (χ4n) is 1.63. The van der Waals surface area contributed by atoms with Crippen LogP contribution in [0.1, 0.15) is 34.1 Å². The van der Waals surface area contributed by atoms with Crippen molar-refractivity contribution in [2.24, 2.45) is 5.92 Å². The van der Waals surface area contributed by atoms with Gasteiger partial charge in [-0.05, 0) is 25.8 Å². The van der Waals surface area contributed by atoms with Gasteiger partial charge >= 0.3 is 12.0 Å². The molecule has 0 bridgehead atoms. The van der Waals surface area contributed by atoms with E-state index in [0.717, 1.165) is 6.42 Å². The van der Waals surface area contributed by atoms with Crippen molar-refractivity contribution >= 4 is 17.9 Å². The summed E-state index contributed by atoms with van der Waals surface area (Å²) in [5, 5.41) is 4.84. The van der Waals surface area contributed by atoms with Crippen LogP contribution in [0.25, 0.3) is 0 Å². The number of carbonyl (C=O) groups is 3. The Morgan fingerprint density at radius 3 is 2.33 bits per heavy atom. The molecule has 0 aliphatic rings. The Hall–Kier alpha value is -1.63. The van der Waals surface area contributed by atoms with Gasteiger partial charge in [0, 0.05) is 6.54 Å². The molecule has 0 aromatic heterocycles. The molecule has 0 atom stereocenters. The summed E-state index contributed by atoms with van der Waals surface area (Å²) < 4.78 is 4.85. The molecule has 0 fully saturated rings.